The number of benzene rings is 1. The van der Waals surface area contributed by atoms with Crippen molar-refractivity contribution in [2.24, 2.45) is 5.73 Å². The van der Waals surface area contributed by atoms with Gasteiger partial charge < -0.3 is 11.1 Å². The first kappa shape index (κ1) is 20.7. The van der Waals surface area contributed by atoms with E-state index < -0.39 is 17.6 Å². The maximum Gasteiger partial charge on any atom is 0.416 e. The molecule has 0 aliphatic carbocycles. The van der Waals surface area contributed by atoms with E-state index in [4.69, 9.17) is 5.73 Å². The van der Waals surface area contributed by atoms with E-state index in [1.807, 2.05) is 11.8 Å². The standard InChI is InChI=1S/C18H20F4N4OS/c1-9-3-4-15(23)26(9)8-14-16(25-17(28-14)24-10(2)27)11-5-12(18(20,21)22)7-13(19)6-11/h5-7,9,15H,3-4,8,23H2,1-2H3,(H,24,25,27)/t9-,15+/m1/s1. The van der Waals surface area contributed by atoms with Crippen molar-refractivity contribution in [1.82, 2.24) is 9.88 Å². The molecule has 1 amide bonds. The topological polar surface area (TPSA) is 71.2 Å². The van der Waals surface area contributed by atoms with Crippen molar-refractivity contribution in [3.63, 3.8) is 0 Å². The lowest BCUT2D eigenvalue weighted by molar-refractivity contribution is -0.137. The summed E-state index contributed by atoms with van der Waals surface area (Å²) in [7, 11) is 0. The number of carbonyl (C=O) groups excluding carboxylic acids is 1. The summed E-state index contributed by atoms with van der Waals surface area (Å²) in [5.41, 5.74) is 5.26. The van der Waals surface area contributed by atoms with E-state index in [0.717, 1.165) is 36.3 Å². The summed E-state index contributed by atoms with van der Waals surface area (Å²) in [6.45, 7) is 3.68. The number of likely N-dealkylation sites (tertiary alicyclic amines) is 1. The quantitative estimate of drug-likeness (QED) is 0.733. The summed E-state index contributed by atoms with van der Waals surface area (Å²) in [5, 5.41) is 2.79. The van der Waals surface area contributed by atoms with Crippen molar-refractivity contribution in [3.05, 3.63) is 34.5 Å². The Morgan fingerprint density at radius 3 is 2.64 bits per heavy atom. The molecular weight excluding hydrogens is 396 g/mol. The van der Waals surface area contributed by atoms with Crippen LogP contribution in [0.15, 0.2) is 18.2 Å². The van der Waals surface area contributed by atoms with Crippen LogP contribution in [-0.2, 0) is 17.5 Å². The molecule has 1 aromatic carbocycles. The Morgan fingerprint density at radius 2 is 2.07 bits per heavy atom. The molecule has 2 heterocycles. The zero-order valence-corrected chi connectivity index (χ0v) is 16.1. The first-order valence-corrected chi connectivity index (χ1v) is 9.53. The number of halogens is 4. The fourth-order valence-corrected chi connectivity index (χ4v) is 4.33. The third-order valence-electron chi connectivity index (χ3n) is 4.68. The number of aromatic nitrogens is 1. The van der Waals surface area contributed by atoms with E-state index in [2.05, 4.69) is 10.3 Å². The molecule has 0 saturated carbocycles. The Hall–Kier alpha value is -2.04. The van der Waals surface area contributed by atoms with Crippen LogP contribution in [-0.4, -0.2) is 28.0 Å². The van der Waals surface area contributed by atoms with E-state index in [9.17, 15) is 22.4 Å². The molecule has 2 atom stereocenters. The van der Waals surface area contributed by atoms with Crippen molar-refractivity contribution in [2.45, 2.75) is 51.6 Å². The van der Waals surface area contributed by atoms with Crippen molar-refractivity contribution in [2.75, 3.05) is 5.32 Å². The number of rotatable bonds is 4. The van der Waals surface area contributed by atoms with Gasteiger partial charge in [-0.1, -0.05) is 11.3 Å². The highest BCUT2D eigenvalue weighted by Gasteiger charge is 2.33. The van der Waals surface area contributed by atoms with Crippen LogP contribution in [0.5, 0.6) is 0 Å². The highest BCUT2D eigenvalue weighted by molar-refractivity contribution is 7.16. The summed E-state index contributed by atoms with van der Waals surface area (Å²) in [5.74, 6) is -1.36. The summed E-state index contributed by atoms with van der Waals surface area (Å²) in [4.78, 5) is 18.3. The maximum atomic E-state index is 13.9. The van der Waals surface area contributed by atoms with Gasteiger partial charge in [0, 0.05) is 30.0 Å². The van der Waals surface area contributed by atoms with Crippen LogP contribution in [0.4, 0.5) is 22.7 Å². The highest BCUT2D eigenvalue weighted by Crippen LogP contribution is 2.38. The second kappa shape index (κ2) is 7.76. The molecule has 0 bridgehead atoms. The largest absolute Gasteiger partial charge is 0.416 e. The van der Waals surface area contributed by atoms with Gasteiger partial charge in [-0.2, -0.15) is 13.2 Å². The van der Waals surface area contributed by atoms with E-state index >= 15 is 0 Å². The Kier molecular flexibility index (Phi) is 5.74. The fourth-order valence-electron chi connectivity index (χ4n) is 3.29. The summed E-state index contributed by atoms with van der Waals surface area (Å²) in [6.07, 6.45) is -3.13. The van der Waals surface area contributed by atoms with Gasteiger partial charge in [0.1, 0.15) is 5.82 Å². The Labute approximate surface area is 163 Å². The average molecular weight is 416 g/mol. The first-order valence-electron chi connectivity index (χ1n) is 8.71. The van der Waals surface area contributed by atoms with Gasteiger partial charge in [0.15, 0.2) is 5.13 Å². The van der Waals surface area contributed by atoms with Gasteiger partial charge in [0.25, 0.3) is 0 Å². The molecule has 1 fully saturated rings. The van der Waals surface area contributed by atoms with E-state index in [-0.39, 0.29) is 34.5 Å². The molecule has 1 aliphatic rings. The lowest BCUT2D eigenvalue weighted by Gasteiger charge is -2.25. The van der Waals surface area contributed by atoms with Crippen LogP contribution in [0.3, 0.4) is 0 Å². The molecule has 3 N–H and O–H groups in total. The number of hydrogen-bond acceptors (Lipinski definition) is 5. The van der Waals surface area contributed by atoms with Crippen molar-refractivity contribution in [1.29, 1.82) is 0 Å². The maximum absolute atomic E-state index is 13.9. The third kappa shape index (κ3) is 4.50. The fraction of sp³-hybridized carbons (Fsp3) is 0.444. The number of nitrogens with one attached hydrogen (secondary N) is 1. The van der Waals surface area contributed by atoms with Crippen molar-refractivity contribution < 1.29 is 22.4 Å². The lowest BCUT2D eigenvalue weighted by atomic mass is 10.1. The number of carbonyl (C=O) groups is 1. The minimum Gasteiger partial charge on any atom is -0.316 e. The number of hydrogen-bond donors (Lipinski definition) is 2. The number of thiazole rings is 1. The van der Waals surface area contributed by atoms with Crippen LogP contribution < -0.4 is 11.1 Å². The van der Waals surface area contributed by atoms with Gasteiger partial charge >= 0.3 is 6.18 Å². The normalized spacial score (nSPS) is 20.5. The van der Waals surface area contributed by atoms with Crippen LogP contribution >= 0.6 is 11.3 Å². The molecule has 1 aliphatic heterocycles. The average Bonchev–Trinajstić information content (AvgIpc) is 3.11. The first-order chi connectivity index (χ1) is 13.0. The van der Waals surface area contributed by atoms with Gasteiger partial charge in [-0.3, -0.25) is 9.69 Å². The number of nitrogens with zero attached hydrogens (tertiary/aromatic N) is 2. The Bertz CT molecular complexity index is 873. The SMILES string of the molecule is CC(=O)Nc1nc(-c2cc(F)cc(C(F)(F)F)c2)c(CN2[C@H](C)CC[C@H]2N)s1. The second-order valence-corrected chi connectivity index (χ2v) is 7.95. The molecule has 1 saturated heterocycles. The van der Waals surface area contributed by atoms with E-state index in [0.29, 0.717) is 17.5 Å². The zero-order chi connectivity index (χ0) is 20.6. The third-order valence-corrected chi connectivity index (χ3v) is 5.63. The van der Waals surface area contributed by atoms with Crippen molar-refractivity contribution >= 4 is 22.4 Å². The molecular formula is C18H20F4N4OS. The van der Waals surface area contributed by atoms with Gasteiger partial charge in [0.2, 0.25) is 5.91 Å². The van der Waals surface area contributed by atoms with Crippen LogP contribution in [0, 0.1) is 5.82 Å². The molecule has 10 heteroatoms. The van der Waals surface area contributed by atoms with Crippen LogP contribution in [0.1, 0.15) is 37.1 Å². The number of alkyl halides is 3. The molecule has 0 radical (unpaired) electrons. The number of nitrogens with two attached hydrogens (primary N) is 1. The van der Waals surface area contributed by atoms with Crippen molar-refractivity contribution in [3.8, 4) is 11.3 Å². The minimum absolute atomic E-state index is 0.00981. The zero-order valence-electron chi connectivity index (χ0n) is 15.3. The molecule has 0 unspecified atom stereocenters. The van der Waals surface area contributed by atoms with Gasteiger partial charge in [-0.05, 0) is 38.0 Å². The second-order valence-electron chi connectivity index (χ2n) is 6.86. The monoisotopic (exact) mass is 416 g/mol. The number of amides is 1. The molecule has 5 nitrogen and oxygen atoms in total. The van der Waals surface area contributed by atoms with Gasteiger partial charge in [-0.15, -0.1) is 0 Å². The van der Waals surface area contributed by atoms with E-state index in [1.54, 1.807) is 0 Å². The lowest BCUT2D eigenvalue weighted by Crippen LogP contribution is -2.39. The molecule has 28 heavy (non-hydrogen) atoms. The predicted molar refractivity (Wildman–Crippen MR) is 99.0 cm³/mol. The predicted octanol–water partition coefficient (Wildman–Crippen LogP) is 4.20. The van der Waals surface area contributed by atoms with Crippen LogP contribution in [0.25, 0.3) is 11.3 Å². The Balaban J connectivity index is 2.05. The smallest absolute Gasteiger partial charge is 0.316 e. The minimum atomic E-state index is -4.68. The molecule has 3 rings (SSSR count). The molecule has 2 aromatic rings. The summed E-state index contributed by atoms with van der Waals surface area (Å²) < 4.78 is 53.2. The summed E-state index contributed by atoms with van der Waals surface area (Å²) in [6, 6.07) is 2.53. The van der Waals surface area contributed by atoms with Crippen LogP contribution in [0.2, 0.25) is 0 Å². The Morgan fingerprint density at radius 1 is 1.36 bits per heavy atom. The summed E-state index contributed by atoms with van der Waals surface area (Å²) >= 11 is 1.15. The molecule has 0 spiro atoms. The molecule has 152 valence electrons. The molecule has 1 aromatic heterocycles. The van der Waals surface area contributed by atoms with Gasteiger partial charge in [-0.25, -0.2) is 9.37 Å². The highest BCUT2D eigenvalue weighted by atomic mass is 32.1. The number of anilines is 1. The van der Waals surface area contributed by atoms with Gasteiger partial charge in [0.05, 0.1) is 17.4 Å². The van der Waals surface area contributed by atoms with E-state index in [1.165, 1.54) is 6.92 Å².